The van der Waals surface area contributed by atoms with Crippen LogP contribution >= 0.6 is 0 Å². The molecule has 1 aliphatic carbocycles. The molecule has 134 valence electrons. The molecule has 0 aromatic heterocycles. The van der Waals surface area contributed by atoms with Crippen LogP contribution in [0.3, 0.4) is 0 Å². The van der Waals surface area contributed by atoms with Crippen LogP contribution in [0.15, 0.2) is 0 Å². The average Bonchev–Trinajstić information content (AvgIpc) is 3.21. The van der Waals surface area contributed by atoms with Crippen LogP contribution in [0.4, 0.5) is 0 Å². The van der Waals surface area contributed by atoms with E-state index in [0.717, 1.165) is 32.1 Å². The van der Waals surface area contributed by atoms with Gasteiger partial charge in [0.2, 0.25) is 11.8 Å². The molecular formula is C18H28N2O4. The maximum atomic E-state index is 13.0. The maximum Gasteiger partial charge on any atom is 0.303 e. The number of hydrogen-bond acceptors (Lipinski definition) is 3. The zero-order valence-corrected chi connectivity index (χ0v) is 14.3. The summed E-state index contributed by atoms with van der Waals surface area (Å²) in [6.07, 6.45) is 8.35. The lowest BCUT2D eigenvalue weighted by Crippen LogP contribution is -2.47. The van der Waals surface area contributed by atoms with Crippen molar-refractivity contribution in [2.24, 2.45) is 5.92 Å². The van der Waals surface area contributed by atoms with Crippen molar-refractivity contribution in [3.63, 3.8) is 0 Å². The lowest BCUT2D eigenvalue weighted by atomic mass is 9.95. The van der Waals surface area contributed by atoms with E-state index in [2.05, 4.69) is 0 Å². The Morgan fingerprint density at radius 2 is 1.79 bits per heavy atom. The molecule has 2 saturated heterocycles. The summed E-state index contributed by atoms with van der Waals surface area (Å²) in [5, 5.41) is 8.92. The third kappa shape index (κ3) is 3.73. The fraction of sp³-hybridized carbons (Fsp3) is 0.833. The number of hydrogen-bond donors (Lipinski definition) is 1. The summed E-state index contributed by atoms with van der Waals surface area (Å²) in [7, 11) is 0. The van der Waals surface area contributed by atoms with Gasteiger partial charge in [0.05, 0.1) is 5.92 Å². The van der Waals surface area contributed by atoms with Crippen LogP contribution < -0.4 is 0 Å². The summed E-state index contributed by atoms with van der Waals surface area (Å²) in [6.45, 7) is 1.27. The first kappa shape index (κ1) is 17.2. The van der Waals surface area contributed by atoms with Gasteiger partial charge in [0, 0.05) is 38.0 Å². The largest absolute Gasteiger partial charge is 0.481 e. The van der Waals surface area contributed by atoms with Crippen LogP contribution in [-0.4, -0.2) is 57.9 Å². The van der Waals surface area contributed by atoms with Crippen LogP contribution in [0.1, 0.15) is 64.2 Å². The molecule has 0 aromatic carbocycles. The molecule has 3 aliphatic rings. The zero-order valence-electron chi connectivity index (χ0n) is 14.3. The van der Waals surface area contributed by atoms with Gasteiger partial charge in [-0.3, -0.25) is 14.4 Å². The van der Waals surface area contributed by atoms with E-state index in [1.807, 2.05) is 9.80 Å². The van der Waals surface area contributed by atoms with E-state index < -0.39 is 5.97 Å². The Kier molecular flexibility index (Phi) is 5.41. The van der Waals surface area contributed by atoms with Crippen molar-refractivity contribution < 1.29 is 19.5 Å². The number of carboxylic acids is 1. The highest BCUT2D eigenvalue weighted by Crippen LogP contribution is 2.31. The first-order chi connectivity index (χ1) is 11.6. The van der Waals surface area contributed by atoms with Crippen molar-refractivity contribution in [2.75, 3.05) is 13.1 Å². The highest BCUT2D eigenvalue weighted by atomic mass is 16.4. The van der Waals surface area contributed by atoms with Gasteiger partial charge in [0.25, 0.3) is 0 Å². The van der Waals surface area contributed by atoms with Crippen molar-refractivity contribution in [1.82, 2.24) is 9.80 Å². The van der Waals surface area contributed by atoms with Gasteiger partial charge in [0.15, 0.2) is 0 Å². The minimum atomic E-state index is -0.809. The third-order valence-electron chi connectivity index (χ3n) is 5.87. The molecule has 1 N–H and O–H groups in total. The molecule has 2 unspecified atom stereocenters. The lowest BCUT2D eigenvalue weighted by Gasteiger charge is -2.37. The van der Waals surface area contributed by atoms with Crippen molar-refractivity contribution in [3.05, 3.63) is 0 Å². The predicted octanol–water partition coefficient (Wildman–Crippen LogP) is 2.02. The van der Waals surface area contributed by atoms with Gasteiger partial charge in [-0.2, -0.15) is 0 Å². The van der Waals surface area contributed by atoms with E-state index in [4.69, 9.17) is 5.11 Å². The number of piperidine rings is 1. The van der Waals surface area contributed by atoms with Crippen LogP contribution in [-0.2, 0) is 14.4 Å². The Hall–Kier alpha value is -1.59. The molecule has 0 spiro atoms. The van der Waals surface area contributed by atoms with E-state index in [1.165, 1.54) is 12.8 Å². The van der Waals surface area contributed by atoms with E-state index in [-0.39, 0.29) is 30.2 Å². The summed E-state index contributed by atoms with van der Waals surface area (Å²) >= 11 is 0. The summed E-state index contributed by atoms with van der Waals surface area (Å²) in [6, 6.07) is 0.359. The van der Waals surface area contributed by atoms with Gasteiger partial charge < -0.3 is 14.9 Å². The Bertz CT molecular complexity index is 501. The van der Waals surface area contributed by atoms with Gasteiger partial charge in [0.1, 0.15) is 0 Å². The van der Waals surface area contributed by atoms with E-state index in [1.54, 1.807) is 0 Å². The molecule has 0 bridgehead atoms. The molecule has 24 heavy (non-hydrogen) atoms. The molecule has 1 saturated carbocycles. The van der Waals surface area contributed by atoms with Crippen molar-refractivity contribution >= 4 is 17.8 Å². The minimum Gasteiger partial charge on any atom is -0.481 e. The first-order valence-corrected chi connectivity index (χ1v) is 9.38. The maximum absolute atomic E-state index is 13.0. The number of carboxylic acid groups (broad SMARTS) is 1. The molecule has 0 aromatic rings. The van der Waals surface area contributed by atoms with Crippen LogP contribution in [0.25, 0.3) is 0 Å². The fourth-order valence-electron chi connectivity index (χ4n) is 4.58. The van der Waals surface area contributed by atoms with Crippen LogP contribution in [0.5, 0.6) is 0 Å². The Balaban J connectivity index is 1.61. The molecule has 3 fully saturated rings. The number of aliphatic carboxylic acids is 1. The van der Waals surface area contributed by atoms with E-state index in [9.17, 15) is 14.4 Å². The average molecular weight is 336 g/mol. The van der Waals surface area contributed by atoms with Gasteiger partial charge in [-0.15, -0.1) is 0 Å². The Morgan fingerprint density at radius 3 is 2.50 bits per heavy atom. The summed E-state index contributed by atoms with van der Waals surface area (Å²) < 4.78 is 0. The molecule has 0 radical (unpaired) electrons. The fourth-order valence-corrected chi connectivity index (χ4v) is 4.58. The van der Waals surface area contributed by atoms with Gasteiger partial charge in [-0.1, -0.05) is 12.8 Å². The van der Waals surface area contributed by atoms with Crippen LogP contribution in [0.2, 0.25) is 0 Å². The number of nitrogens with zero attached hydrogens (tertiary/aromatic N) is 2. The normalized spacial score (nSPS) is 28.6. The van der Waals surface area contributed by atoms with Crippen LogP contribution in [0, 0.1) is 5.92 Å². The Labute approximate surface area is 143 Å². The second-order valence-corrected chi connectivity index (χ2v) is 7.50. The SMILES string of the molecule is O=C(O)CCC1CCCCN1C(=O)C1CC(=O)N(C2CCCC2)C1. The molecule has 6 nitrogen and oxygen atoms in total. The summed E-state index contributed by atoms with van der Waals surface area (Å²) in [5.41, 5.74) is 0. The molecular weight excluding hydrogens is 308 g/mol. The first-order valence-electron chi connectivity index (χ1n) is 9.38. The monoisotopic (exact) mass is 336 g/mol. The summed E-state index contributed by atoms with van der Waals surface area (Å²) in [4.78, 5) is 40.0. The molecule has 2 amide bonds. The molecule has 2 aliphatic heterocycles. The number of carbonyl (C=O) groups is 3. The molecule has 6 heteroatoms. The molecule has 3 rings (SSSR count). The summed E-state index contributed by atoms with van der Waals surface area (Å²) in [5.74, 6) is -0.849. The Morgan fingerprint density at radius 1 is 1.08 bits per heavy atom. The quantitative estimate of drug-likeness (QED) is 0.833. The van der Waals surface area contributed by atoms with Gasteiger partial charge in [-0.05, 0) is 38.5 Å². The van der Waals surface area contributed by atoms with E-state index >= 15 is 0 Å². The number of likely N-dealkylation sites (tertiary alicyclic amines) is 2. The van der Waals surface area contributed by atoms with Gasteiger partial charge >= 0.3 is 5.97 Å². The van der Waals surface area contributed by atoms with Crippen molar-refractivity contribution in [3.8, 4) is 0 Å². The second kappa shape index (κ2) is 7.53. The van der Waals surface area contributed by atoms with Crippen molar-refractivity contribution in [2.45, 2.75) is 76.3 Å². The van der Waals surface area contributed by atoms with E-state index in [0.29, 0.717) is 32.0 Å². The number of amides is 2. The predicted molar refractivity (Wildman–Crippen MR) is 88.3 cm³/mol. The second-order valence-electron chi connectivity index (χ2n) is 7.50. The number of rotatable bonds is 5. The molecule has 2 atom stereocenters. The smallest absolute Gasteiger partial charge is 0.303 e. The molecule has 2 heterocycles. The standard InChI is InChI=1S/C18H28N2O4/c21-16-11-13(12-20(16)14-5-1-2-6-14)18(24)19-10-4-3-7-15(19)8-9-17(22)23/h13-15H,1-12H2,(H,22,23). The number of carbonyl (C=O) groups excluding carboxylic acids is 2. The topological polar surface area (TPSA) is 77.9 Å². The third-order valence-corrected chi connectivity index (χ3v) is 5.87. The lowest BCUT2D eigenvalue weighted by molar-refractivity contribution is -0.142. The minimum absolute atomic E-state index is 0.0259. The van der Waals surface area contributed by atoms with Gasteiger partial charge in [-0.25, -0.2) is 0 Å². The highest BCUT2D eigenvalue weighted by Gasteiger charge is 2.41. The zero-order chi connectivity index (χ0) is 17.1. The van der Waals surface area contributed by atoms with Crippen molar-refractivity contribution in [1.29, 1.82) is 0 Å². The highest BCUT2D eigenvalue weighted by molar-refractivity contribution is 5.89.